The average molecular weight is 238 g/mol. The zero-order chi connectivity index (χ0) is 12.8. The number of hydrogen-bond acceptors (Lipinski definition) is 4. The fourth-order valence-corrected chi connectivity index (χ4v) is 1.61. The highest BCUT2D eigenvalue weighted by atomic mass is 16.1. The molecule has 0 aliphatic rings. The van der Waals surface area contributed by atoms with Gasteiger partial charge in [0.1, 0.15) is 0 Å². The number of hydrogen-bond donors (Lipinski definition) is 2. The highest BCUT2D eigenvalue weighted by Gasteiger charge is 2.08. The SMILES string of the molecule is CC(CCN)CNc1nccn(C(C)C)c1=O. The molecule has 3 N–H and O–H groups in total. The molecule has 5 heteroatoms. The molecule has 0 radical (unpaired) electrons. The van der Waals surface area contributed by atoms with Crippen molar-refractivity contribution in [2.24, 2.45) is 11.7 Å². The van der Waals surface area contributed by atoms with E-state index in [1.165, 1.54) is 0 Å². The third kappa shape index (κ3) is 3.85. The average Bonchev–Trinajstić information content (AvgIpc) is 2.27. The standard InChI is InChI=1S/C12H22N4O/c1-9(2)16-7-6-14-11(12(16)17)15-8-10(3)4-5-13/h6-7,9-10H,4-5,8,13H2,1-3H3,(H,14,15). The zero-order valence-electron chi connectivity index (χ0n) is 10.8. The Bertz CT molecular complexity index is 400. The zero-order valence-corrected chi connectivity index (χ0v) is 10.8. The molecule has 0 spiro atoms. The lowest BCUT2D eigenvalue weighted by Gasteiger charge is -2.14. The van der Waals surface area contributed by atoms with Crippen molar-refractivity contribution in [3.05, 3.63) is 22.7 Å². The fraction of sp³-hybridized carbons (Fsp3) is 0.667. The van der Waals surface area contributed by atoms with Crippen LogP contribution < -0.4 is 16.6 Å². The molecule has 1 atom stereocenters. The minimum Gasteiger partial charge on any atom is -0.365 e. The summed E-state index contributed by atoms with van der Waals surface area (Å²) in [6, 6.07) is 0.146. The van der Waals surface area contributed by atoms with Crippen LogP contribution in [0.4, 0.5) is 5.82 Å². The number of nitrogens with two attached hydrogens (primary N) is 1. The number of nitrogens with zero attached hydrogens (tertiary/aromatic N) is 2. The normalized spacial score (nSPS) is 12.8. The first kappa shape index (κ1) is 13.7. The van der Waals surface area contributed by atoms with Gasteiger partial charge in [-0.1, -0.05) is 6.92 Å². The summed E-state index contributed by atoms with van der Waals surface area (Å²) in [6.07, 6.45) is 4.30. The summed E-state index contributed by atoms with van der Waals surface area (Å²) in [4.78, 5) is 16.1. The molecule has 5 nitrogen and oxygen atoms in total. The molecule has 0 aromatic carbocycles. The van der Waals surface area contributed by atoms with E-state index in [9.17, 15) is 4.79 Å². The van der Waals surface area contributed by atoms with Crippen LogP contribution >= 0.6 is 0 Å². The Balaban J connectivity index is 2.72. The predicted octanol–water partition coefficient (Wildman–Crippen LogP) is 1.22. The Morgan fingerprint density at radius 2 is 2.18 bits per heavy atom. The van der Waals surface area contributed by atoms with E-state index in [1.807, 2.05) is 13.8 Å². The van der Waals surface area contributed by atoms with Crippen LogP contribution in [-0.2, 0) is 0 Å². The molecule has 0 saturated heterocycles. The van der Waals surface area contributed by atoms with Crippen molar-refractivity contribution in [2.75, 3.05) is 18.4 Å². The van der Waals surface area contributed by atoms with Gasteiger partial charge in [0.15, 0.2) is 5.82 Å². The Morgan fingerprint density at radius 1 is 1.47 bits per heavy atom. The van der Waals surface area contributed by atoms with Gasteiger partial charge in [-0.25, -0.2) is 4.98 Å². The molecule has 1 rings (SSSR count). The third-order valence-corrected chi connectivity index (χ3v) is 2.70. The van der Waals surface area contributed by atoms with Gasteiger partial charge < -0.3 is 15.6 Å². The Morgan fingerprint density at radius 3 is 2.76 bits per heavy atom. The van der Waals surface area contributed by atoms with Gasteiger partial charge in [0, 0.05) is 25.0 Å². The molecule has 0 aliphatic heterocycles. The Kier molecular flexibility index (Phi) is 5.15. The van der Waals surface area contributed by atoms with Crippen LogP contribution in [0.25, 0.3) is 0 Å². The molecule has 0 aliphatic carbocycles. The monoisotopic (exact) mass is 238 g/mol. The molecular weight excluding hydrogens is 216 g/mol. The summed E-state index contributed by atoms with van der Waals surface area (Å²) in [5, 5.41) is 3.09. The van der Waals surface area contributed by atoms with E-state index in [2.05, 4.69) is 17.2 Å². The van der Waals surface area contributed by atoms with Crippen LogP contribution in [0, 0.1) is 5.92 Å². The maximum atomic E-state index is 12.0. The molecule has 96 valence electrons. The van der Waals surface area contributed by atoms with E-state index < -0.39 is 0 Å². The van der Waals surface area contributed by atoms with Gasteiger partial charge >= 0.3 is 0 Å². The summed E-state index contributed by atoms with van der Waals surface area (Å²) >= 11 is 0. The summed E-state index contributed by atoms with van der Waals surface area (Å²) in [5.74, 6) is 0.860. The molecule has 1 heterocycles. The van der Waals surface area contributed by atoms with Crippen molar-refractivity contribution < 1.29 is 0 Å². The van der Waals surface area contributed by atoms with E-state index in [0.29, 0.717) is 18.3 Å². The molecule has 0 bridgehead atoms. The minimum atomic E-state index is -0.0672. The number of anilines is 1. The molecule has 1 unspecified atom stereocenters. The second kappa shape index (κ2) is 6.39. The topological polar surface area (TPSA) is 72.9 Å². The van der Waals surface area contributed by atoms with E-state index in [0.717, 1.165) is 13.0 Å². The first-order valence-corrected chi connectivity index (χ1v) is 6.07. The fourth-order valence-electron chi connectivity index (χ4n) is 1.61. The Labute approximate surface area is 102 Å². The molecule has 1 aromatic rings. The van der Waals surface area contributed by atoms with Gasteiger partial charge in [0.2, 0.25) is 0 Å². The lowest BCUT2D eigenvalue weighted by Crippen LogP contribution is -2.27. The maximum absolute atomic E-state index is 12.0. The molecule has 0 amide bonds. The van der Waals surface area contributed by atoms with Crippen LogP contribution in [0.2, 0.25) is 0 Å². The molecular formula is C12H22N4O. The lowest BCUT2D eigenvalue weighted by molar-refractivity contribution is 0.559. The van der Waals surface area contributed by atoms with Gasteiger partial charge in [0.25, 0.3) is 5.56 Å². The van der Waals surface area contributed by atoms with Crippen molar-refractivity contribution in [2.45, 2.75) is 33.2 Å². The summed E-state index contributed by atoms with van der Waals surface area (Å²) in [7, 11) is 0. The Hall–Kier alpha value is -1.36. The number of aromatic nitrogens is 2. The van der Waals surface area contributed by atoms with Crippen LogP contribution in [0.3, 0.4) is 0 Å². The molecule has 0 saturated carbocycles. The van der Waals surface area contributed by atoms with E-state index in [4.69, 9.17) is 5.73 Å². The van der Waals surface area contributed by atoms with Crippen LogP contribution in [0.1, 0.15) is 33.2 Å². The molecule has 17 heavy (non-hydrogen) atoms. The summed E-state index contributed by atoms with van der Waals surface area (Å²) < 4.78 is 1.67. The number of nitrogens with one attached hydrogen (secondary N) is 1. The van der Waals surface area contributed by atoms with E-state index in [1.54, 1.807) is 17.0 Å². The van der Waals surface area contributed by atoms with Crippen LogP contribution in [-0.4, -0.2) is 22.6 Å². The highest BCUT2D eigenvalue weighted by molar-refractivity contribution is 5.30. The largest absolute Gasteiger partial charge is 0.365 e. The van der Waals surface area contributed by atoms with Gasteiger partial charge in [0.05, 0.1) is 0 Å². The van der Waals surface area contributed by atoms with Crippen LogP contribution in [0.5, 0.6) is 0 Å². The first-order chi connectivity index (χ1) is 8.06. The minimum absolute atomic E-state index is 0.0672. The predicted molar refractivity (Wildman–Crippen MR) is 70.2 cm³/mol. The molecule has 1 aromatic heterocycles. The third-order valence-electron chi connectivity index (χ3n) is 2.70. The summed E-state index contributed by atoms with van der Waals surface area (Å²) in [6.45, 7) is 7.44. The smallest absolute Gasteiger partial charge is 0.293 e. The highest BCUT2D eigenvalue weighted by Crippen LogP contribution is 2.04. The van der Waals surface area contributed by atoms with E-state index in [-0.39, 0.29) is 11.6 Å². The lowest BCUT2D eigenvalue weighted by atomic mass is 10.1. The van der Waals surface area contributed by atoms with Gasteiger partial charge in [-0.05, 0) is 32.7 Å². The van der Waals surface area contributed by atoms with Crippen molar-refractivity contribution in [3.8, 4) is 0 Å². The maximum Gasteiger partial charge on any atom is 0.293 e. The van der Waals surface area contributed by atoms with Gasteiger partial charge in [-0.2, -0.15) is 0 Å². The summed E-state index contributed by atoms with van der Waals surface area (Å²) in [5.41, 5.74) is 5.42. The van der Waals surface area contributed by atoms with Crippen molar-refractivity contribution >= 4 is 5.82 Å². The van der Waals surface area contributed by atoms with Crippen molar-refractivity contribution in [3.63, 3.8) is 0 Å². The van der Waals surface area contributed by atoms with E-state index >= 15 is 0 Å². The number of rotatable bonds is 6. The second-order valence-corrected chi connectivity index (χ2v) is 4.65. The first-order valence-electron chi connectivity index (χ1n) is 6.07. The second-order valence-electron chi connectivity index (χ2n) is 4.65. The quantitative estimate of drug-likeness (QED) is 0.781. The van der Waals surface area contributed by atoms with Crippen molar-refractivity contribution in [1.82, 2.24) is 9.55 Å². The molecule has 0 fully saturated rings. The van der Waals surface area contributed by atoms with Crippen LogP contribution in [0.15, 0.2) is 17.2 Å². The van der Waals surface area contributed by atoms with Gasteiger partial charge in [-0.3, -0.25) is 4.79 Å². The van der Waals surface area contributed by atoms with Crippen molar-refractivity contribution in [1.29, 1.82) is 0 Å². The van der Waals surface area contributed by atoms with Gasteiger partial charge in [-0.15, -0.1) is 0 Å².